The Hall–Kier alpha value is -3.09. The zero-order chi connectivity index (χ0) is 23.4. The first-order chi connectivity index (χ1) is 15.9. The molecule has 6 nitrogen and oxygen atoms in total. The Morgan fingerprint density at radius 2 is 1.88 bits per heavy atom. The molecule has 3 unspecified atom stereocenters. The first kappa shape index (κ1) is 23.1. The SMILES string of the molecule is CC(c1ccc(C2=CN(C)C(O)C=C2)cc1)N1CCC(CCCO)(c2ccccc2)OC1=O. The van der Waals surface area contributed by atoms with Crippen molar-refractivity contribution in [3.8, 4) is 0 Å². The van der Waals surface area contributed by atoms with Crippen molar-refractivity contribution in [2.24, 2.45) is 0 Å². The molecule has 4 rings (SSSR count). The fraction of sp³-hybridized carbons (Fsp3) is 0.370. The van der Waals surface area contributed by atoms with Crippen LogP contribution < -0.4 is 0 Å². The highest BCUT2D eigenvalue weighted by molar-refractivity contribution is 5.75. The van der Waals surface area contributed by atoms with Gasteiger partial charge in [0.25, 0.3) is 0 Å². The molecule has 3 atom stereocenters. The van der Waals surface area contributed by atoms with Crippen LogP contribution in [0.1, 0.15) is 48.9 Å². The number of hydrogen-bond donors (Lipinski definition) is 2. The number of rotatable bonds is 7. The molecule has 0 saturated carbocycles. The largest absolute Gasteiger partial charge is 0.438 e. The van der Waals surface area contributed by atoms with Gasteiger partial charge < -0.3 is 24.7 Å². The van der Waals surface area contributed by atoms with Crippen LogP contribution in [0.5, 0.6) is 0 Å². The van der Waals surface area contributed by atoms with Gasteiger partial charge in [-0.2, -0.15) is 0 Å². The minimum atomic E-state index is -0.697. The number of carbonyl (C=O) groups excluding carboxylic acids is 1. The summed E-state index contributed by atoms with van der Waals surface area (Å²) in [6.45, 7) is 2.67. The van der Waals surface area contributed by atoms with Crippen molar-refractivity contribution in [1.29, 1.82) is 0 Å². The monoisotopic (exact) mass is 448 g/mol. The normalized spacial score (nSPS) is 23.8. The number of hydrogen-bond acceptors (Lipinski definition) is 5. The molecular weight excluding hydrogens is 416 g/mol. The third-order valence-corrected chi connectivity index (χ3v) is 6.71. The van der Waals surface area contributed by atoms with Crippen LogP contribution in [0.2, 0.25) is 0 Å². The Balaban J connectivity index is 1.48. The molecule has 2 aliphatic rings. The van der Waals surface area contributed by atoms with Crippen molar-refractivity contribution < 1.29 is 19.7 Å². The third-order valence-electron chi connectivity index (χ3n) is 6.71. The first-order valence-corrected chi connectivity index (χ1v) is 11.5. The highest BCUT2D eigenvalue weighted by atomic mass is 16.6. The summed E-state index contributed by atoms with van der Waals surface area (Å²) >= 11 is 0. The first-order valence-electron chi connectivity index (χ1n) is 11.5. The maximum Gasteiger partial charge on any atom is 0.411 e. The minimum absolute atomic E-state index is 0.0684. The average molecular weight is 449 g/mol. The number of carbonyl (C=O) groups is 1. The second-order valence-corrected chi connectivity index (χ2v) is 8.82. The molecule has 2 aromatic rings. The van der Waals surface area contributed by atoms with E-state index in [4.69, 9.17) is 4.74 Å². The molecular formula is C27H32N2O4. The lowest BCUT2D eigenvalue weighted by Crippen LogP contribution is -2.48. The van der Waals surface area contributed by atoms with Crippen LogP contribution in [-0.4, -0.2) is 52.5 Å². The highest BCUT2D eigenvalue weighted by Crippen LogP contribution is 2.40. The van der Waals surface area contributed by atoms with Crippen LogP contribution in [0.3, 0.4) is 0 Å². The second kappa shape index (κ2) is 9.81. The van der Waals surface area contributed by atoms with Crippen molar-refractivity contribution in [3.63, 3.8) is 0 Å². The predicted molar refractivity (Wildman–Crippen MR) is 128 cm³/mol. The van der Waals surface area contributed by atoms with E-state index in [1.807, 2.05) is 80.8 Å². The number of allylic oxidation sites excluding steroid dienone is 2. The summed E-state index contributed by atoms with van der Waals surface area (Å²) in [5.41, 5.74) is 3.39. The summed E-state index contributed by atoms with van der Waals surface area (Å²) in [4.78, 5) is 16.7. The maximum absolute atomic E-state index is 13.1. The summed E-state index contributed by atoms with van der Waals surface area (Å²) < 4.78 is 6.09. The zero-order valence-corrected chi connectivity index (χ0v) is 19.2. The number of ether oxygens (including phenoxy) is 1. The number of nitrogens with zero attached hydrogens (tertiary/aromatic N) is 2. The van der Waals surface area contributed by atoms with E-state index < -0.39 is 11.8 Å². The van der Waals surface area contributed by atoms with Gasteiger partial charge in [0.2, 0.25) is 0 Å². The fourth-order valence-corrected chi connectivity index (χ4v) is 4.62. The Labute approximate surface area is 195 Å². The Morgan fingerprint density at radius 3 is 2.52 bits per heavy atom. The summed E-state index contributed by atoms with van der Waals surface area (Å²) in [5.74, 6) is 0. The molecule has 6 heteroatoms. The van der Waals surface area contributed by atoms with Crippen LogP contribution >= 0.6 is 0 Å². The van der Waals surface area contributed by atoms with Gasteiger partial charge in [-0.15, -0.1) is 0 Å². The number of likely N-dealkylation sites (N-methyl/N-ethyl adjacent to an activating group) is 1. The van der Waals surface area contributed by atoms with Crippen LogP contribution in [0, 0.1) is 0 Å². The topological polar surface area (TPSA) is 73.2 Å². The quantitative estimate of drug-likeness (QED) is 0.656. The number of cyclic esters (lactones) is 1. The molecule has 2 aromatic carbocycles. The van der Waals surface area contributed by atoms with Gasteiger partial charge in [0, 0.05) is 32.8 Å². The van der Waals surface area contributed by atoms with Gasteiger partial charge in [-0.25, -0.2) is 4.79 Å². The minimum Gasteiger partial charge on any atom is -0.438 e. The van der Waals surface area contributed by atoms with Crippen molar-refractivity contribution in [2.75, 3.05) is 20.2 Å². The van der Waals surface area contributed by atoms with Gasteiger partial charge in [0.15, 0.2) is 0 Å². The molecule has 0 spiro atoms. The molecule has 1 amide bonds. The average Bonchev–Trinajstić information content (AvgIpc) is 2.85. The second-order valence-electron chi connectivity index (χ2n) is 8.82. The van der Waals surface area contributed by atoms with Crippen LogP contribution in [0.4, 0.5) is 4.79 Å². The lowest BCUT2D eigenvalue weighted by atomic mass is 9.84. The van der Waals surface area contributed by atoms with E-state index in [0.29, 0.717) is 25.8 Å². The summed E-state index contributed by atoms with van der Waals surface area (Å²) in [6, 6.07) is 17.9. The third kappa shape index (κ3) is 4.82. The van der Waals surface area contributed by atoms with Gasteiger partial charge >= 0.3 is 6.09 Å². The van der Waals surface area contributed by atoms with Gasteiger partial charge in [0.1, 0.15) is 11.8 Å². The van der Waals surface area contributed by atoms with Crippen LogP contribution in [-0.2, 0) is 10.3 Å². The summed E-state index contributed by atoms with van der Waals surface area (Å²) in [6.07, 6.45) is 6.52. The standard InChI is InChI=1S/C27H32N2O4/c1-20(21-9-11-22(12-10-21)23-13-14-25(31)28(2)19-23)29-17-16-27(15-6-18-30,33-26(29)32)24-7-4-3-5-8-24/h3-5,7-14,19-20,25,30-31H,6,15-18H2,1-2H3. The van der Waals surface area contributed by atoms with Gasteiger partial charge in [-0.3, -0.25) is 0 Å². The van der Waals surface area contributed by atoms with E-state index in [1.54, 1.807) is 15.9 Å². The van der Waals surface area contributed by atoms with E-state index in [2.05, 4.69) is 0 Å². The summed E-state index contributed by atoms with van der Waals surface area (Å²) in [5, 5.41) is 19.2. The predicted octanol–water partition coefficient (Wildman–Crippen LogP) is 4.42. The molecule has 0 bridgehead atoms. The number of aliphatic hydroxyl groups is 2. The number of aliphatic hydroxyl groups excluding tert-OH is 2. The molecule has 174 valence electrons. The Bertz CT molecular complexity index is 1020. The van der Waals surface area contributed by atoms with Gasteiger partial charge in [-0.05, 0) is 48.1 Å². The van der Waals surface area contributed by atoms with Gasteiger partial charge in [-0.1, -0.05) is 60.7 Å². The molecule has 2 N–H and O–H groups in total. The molecule has 2 heterocycles. The highest BCUT2D eigenvalue weighted by Gasteiger charge is 2.43. The lowest BCUT2D eigenvalue weighted by molar-refractivity contribution is -0.0680. The Morgan fingerprint density at radius 1 is 1.15 bits per heavy atom. The van der Waals surface area contributed by atoms with E-state index >= 15 is 0 Å². The molecule has 0 aromatic heterocycles. The van der Waals surface area contributed by atoms with Crippen molar-refractivity contribution in [1.82, 2.24) is 9.80 Å². The summed E-state index contributed by atoms with van der Waals surface area (Å²) in [7, 11) is 1.84. The van der Waals surface area contributed by atoms with Crippen molar-refractivity contribution in [2.45, 2.75) is 44.1 Å². The fourth-order valence-electron chi connectivity index (χ4n) is 4.62. The Kier molecular flexibility index (Phi) is 6.86. The molecule has 2 aliphatic heterocycles. The van der Waals surface area contributed by atoms with E-state index in [9.17, 15) is 15.0 Å². The van der Waals surface area contributed by atoms with Gasteiger partial charge in [0.05, 0.1) is 6.04 Å². The lowest BCUT2D eigenvalue weighted by Gasteiger charge is -2.43. The molecule has 33 heavy (non-hydrogen) atoms. The van der Waals surface area contributed by atoms with Crippen molar-refractivity contribution in [3.05, 3.63) is 89.6 Å². The van der Waals surface area contributed by atoms with Crippen molar-refractivity contribution >= 4 is 11.7 Å². The molecule has 1 fully saturated rings. The van der Waals surface area contributed by atoms with Crippen LogP contribution in [0.15, 0.2) is 72.9 Å². The number of benzene rings is 2. The van der Waals surface area contributed by atoms with E-state index in [0.717, 1.165) is 22.3 Å². The molecule has 0 radical (unpaired) electrons. The van der Waals surface area contributed by atoms with E-state index in [-0.39, 0.29) is 18.7 Å². The zero-order valence-electron chi connectivity index (χ0n) is 19.2. The maximum atomic E-state index is 13.1. The number of amides is 1. The van der Waals surface area contributed by atoms with E-state index in [1.165, 1.54) is 0 Å². The smallest absolute Gasteiger partial charge is 0.411 e. The molecule has 0 aliphatic carbocycles. The van der Waals surface area contributed by atoms with Crippen LogP contribution in [0.25, 0.3) is 5.57 Å². The molecule has 1 saturated heterocycles.